The number of nitrogens with zero attached hydrogens (tertiary/aromatic N) is 1. The van der Waals surface area contributed by atoms with E-state index in [0.717, 1.165) is 24.6 Å². The van der Waals surface area contributed by atoms with Gasteiger partial charge in [0.25, 0.3) is 5.91 Å². The summed E-state index contributed by atoms with van der Waals surface area (Å²) >= 11 is 12.2. The van der Waals surface area contributed by atoms with Gasteiger partial charge in [0, 0.05) is 27.7 Å². The fourth-order valence-corrected chi connectivity index (χ4v) is 4.03. The van der Waals surface area contributed by atoms with E-state index >= 15 is 0 Å². The molecule has 0 fully saturated rings. The highest BCUT2D eigenvalue weighted by Crippen LogP contribution is 2.30. The molecule has 1 heterocycles. The lowest BCUT2D eigenvalue weighted by Crippen LogP contribution is -2.30. The van der Waals surface area contributed by atoms with Gasteiger partial charge in [-0.05, 0) is 36.8 Å². The molecule has 1 amide bonds. The summed E-state index contributed by atoms with van der Waals surface area (Å²) in [6.07, 6.45) is 5.14. The minimum atomic E-state index is -0.626. The van der Waals surface area contributed by atoms with Crippen LogP contribution >= 0.6 is 23.2 Å². The van der Waals surface area contributed by atoms with Gasteiger partial charge in [0.15, 0.2) is 5.78 Å². The van der Waals surface area contributed by atoms with Crippen molar-refractivity contribution >= 4 is 45.8 Å². The van der Waals surface area contributed by atoms with Gasteiger partial charge >= 0.3 is 0 Å². The van der Waals surface area contributed by atoms with Gasteiger partial charge < -0.3 is 4.57 Å². The Hall–Kier alpha value is -2.34. The van der Waals surface area contributed by atoms with Crippen LogP contribution in [-0.4, -0.2) is 21.5 Å². The average Bonchev–Trinajstić information content (AvgIpc) is 3.14. The van der Waals surface area contributed by atoms with Gasteiger partial charge in [-0.15, -0.1) is 0 Å². The lowest BCUT2D eigenvalue weighted by molar-refractivity contribution is -0.132. The number of hydrogen-bond donors (Lipinski definition) is 2. The van der Waals surface area contributed by atoms with Crippen molar-refractivity contribution in [1.82, 2.24) is 10.0 Å². The molecule has 0 saturated heterocycles. The third kappa shape index (κ3) is 4.47. The SMILES string of the molecule is CCCCCC(C(=O)NO)n1ccc2cccc(C(=O)c3ccc(Cl)cc3Cl)c21. The number of amides is 1. The molecule has 152 valence electrons. The summed E-state index contributed by atoms with van der Waals surface area (Å²) in [4.78, 5) is 25.7. The van der Waals surface area contributed by atoms with Crippen molar-refractivity contribution in [2.75, 3.05) is 0 Å². The minimum Gasteiger partial charge on any atom is -0.334 e. The summed E-state index contributed by atoms with van der Waals surface area (Å²) in [6, 6.07) is 11.4. The van der Waals surface area contributed by atoms with Gasteiger partial charge in [0.1, 0.15) is 6.04 Å². The third-order valence-corrected chi connectivity index (χ3v) is 5.54. The molecule has 0 aliphatic carbocycles. The molecule has 0 radical (unpaired) electrons. The van der Waals surface area contributed by atoms with Crippen LogP contribution < -0.4 is 5.48 Å². The molecular weight excluding hydrogens is 411 g/mol. The highest BCUT2D eigenvalue weighted by molar-refractivity contribution is 6.38. The van der Waals surface area contributed by atoms with E-state index in [0.29, 0.717) is 28.1 Å². The molecule has 29 heavy (non-hydrogen) atoms. The minimum absolute atomic E-state index is 0.256. The maximum Gasteiger partial charge on any atom is 0.266 e. The van der Waals surface area contributed by atoms with E-state index in [1.807, 2.05) is 12.1 Å². The van der Waals surface area contributed by atoms with E-state index in [4.69, 9.17) is 23.2 Å². The first kappa shape index (κ1) is 21.4. The van der Waals surface area contributed by atoms with Gasteiger partial charge in [-0.2, -0.15) is 0 Å². The molecule has 5 nitrogen and oxygen atoms in total. The Morgan fingerprint density at radius 1 is 1.10 bits per heavy atom. The maximum absolute atomic E-state index is 13.3. The molecule has 1 unspecified atom stereocenters. The number of ketones is 1. The molecule has 0 aliphatic rings. The fourth-order valence-electron chi connectivity index (χ4n) is 3.54. The Labute approximate surface area is 179 Å². The van der Waals surface area contributed by atoms with E-state index in [1.165, 1.54) is 6.07 Å². The summed E-state index contributed by atoms with van der Waals surface area (Å²) in [6.45, 7) is 2.08. The Bertz CT molecular complexity index is 1050. The predicted octanol–water partition coefficient (Wildman–Crippen LogP) is 5.81. The van der Waals surface area contributed by atoms with Crippen LogP contribution in [0.5, 0.6) is 0 Å². The number of para-hydroxylation sites is 1. The second-order valence-electron chi connectivity index (χ2n) is 6.91. The summed E-state index contributed by atoms with van der Waals surface area (Å²) in [5.74, 6) is -0.765. The number of unbranched alkanes of at least 4 members (excludes halogenated alkanes) is 2. The molecule has 2 aromatic carbocycles. The first-order valence-corrected chi connectivity index (χ1v) is 10.3. The Morgan fingerprint density at radius 2 is 1.90 bits per heavy atom. The van der Waals surface area contributed by atoms with Crippen molar-refractivity contribution in [3.8, 4) is 0 Å². The molecule has 2 N–H and O–H groups in total. The third-order valence-electron chi connectivity index (χ3n) is 4.99. The van der Waals surface area contributed by atoms with Crippen molar-refractivity contribution in [3.63, 3.8) is 0 Å². The van der Waals surface area contributed by atoms with Crippen molar-refractivity contribution in [2.24, 2.45) is 0 Å². The van der Waals surface area contributed by atoms with E-state index < -0.39 is 11.9 Å². The number of fused-ring (bicyclic) bond motifs is 1. The van der Waals surface area contributed by atoms with Gasteiger partial charge in [-0.1, -0.05) is 61.5 Å². The van der Waals surface area contributed by atoms with Crippen LogP contribution in [0.25, 0.3) is 10.9 Å². The standard InChI is InChI=1S/C22H22Cl2N2O3/c1-2-3-4-8-19(22(28)25-29)26-12-11-14-6-5-7-17(20(14)26)21(27)16-10-9-15(23)13-18(16)24/h5-7,9-13,19,29H,2-4,8H2,1H3,(H,25,28). The lowest BCUT2D eigenvalue weighted by atomic mass is 10.0. The maximum atomic E-state index is 13.3. The van der Waals surface area contributed by atoms with Crippen LogP contribution in [0.3, 0.4) is 0 Å². The summed E-state index contributed by atoms with van der Waals surface area (Å²) in [5.41, 5.74) is 3.16. The van der Waals surface area contributed by atoms with E-state index in [1.54, 1.807) is 40.5 Å². The van der Waals surface area contributed by atoms with Crippen molar-refractivity contribution in [3.05, 3.63) is 69.8 Å². The number of hydroxylamine groups is 1. The molecule has 0 saturated carbocycles. The van der Waals surface area contributed by atoms with Gasteiger partial charge in [0.2, 0.25) is 0 Å². The highest BCUT2D eigenvalue weighted by atomic mass is 35.5. The smallest absolute Gasteiger partial charge is 0.266 e. The number of nitrogens with one attached hydrogen (secondary N) is 1. The number of halogens is 2. The first-order chi connectivity index (χ1) is 14.0. The second kappa shape index (κ2) is 9.44. The Balaban J connectivity index is 2.11. The number of carbonyl (C=O) groups excluding carboxylic acids is 2. The molecule has 0 spiro atoms. The number of hydrogen-bond acceptors (Lipinski definition) is 3. The van der Waals surface area contributed by atoms with E-state index in [9.17, 15) is 14.8 Å². The quantitative estimate of drug-likeness (QED) is 0.204. The van der Waals surface area contributed by atoms with Crippen LogP contribution in [0.4, 0.5) is 0 Å². The van der Waals surface area contributed by atoms with Crippen molar-refractivity contribution in [1.29, 1.82) is 0 Å². The number of benzene rings is 2. The van der Waals surface area contributed by atoms with Gasteiger partial charge in [-0.25, -0.2) is 5.48 Å². The summed E-state index contributed by atoms with van der Waals surface area (Å²) in [5, 5.41) is 10.8. The van der Waals surface area contributed by atoms with Crippen LogP contribution in [0.1, 0.15) is 54.6 Å². The Morgan fingerprint density at radius 3 is 2.59 bits per heavy atom. The Kier molecular flexibility index (Phi) is 6.96. The second-order valence-corrected chi connectivity index (χ2v) is 7.75. The van der Waals surface area contributed by atoms with Crippen molar-refractivity contribution in [2.45, 2.75) is 38.6 Å². The fraction of sp³-hybridized carbons (Fsp3) is 0.273. The molecule has 0 bridgehead atoms. The lowest BCUT2D eigenvalue weighted by Gasteiger charge is -2.19. The number of carbonyl (C=O) groups is 2. The van der Waals surface area contributed by atoms with Gasteiger partial charge in [0.05, 0.1) is 10.5 Å². The molecule has 3 rings (SSSR count). The van der Waals surface area contributed by atoms with E-state index in [2.05, 4.69) is 6.92 Å². The summed E-state index contributed by atoms with van der Waals surface area (Å²) < 4.78 is 1.76. The van der Waals surface area contributed by atoms with Gasteiger partial charge in [-0.3, -0.25) is 14.8 Å². The summed E-state index contributed by atoms with van der Waals surface area (Å²) in [7, 11) is 0. The monoisotopic (exact) mass is 432 g/mol. The van der Waals surface area contributed by atoms with Crippen LogP contribution in [0, 0.1) is 0 Å². The normalized spacial score (nSPS) is 12.1. The molecular formula is C22H22Cl2N2O3. The molecule has 7 heteroatoms. The van der Waals surface area contributed by atoms with Crippen LogP contribution in [-0.2, 0) is 4.79 Å². The zero-order valence-corrected chi connectivity index (χ0v) is 17.5. The van der Waals surface area contributed by atoms with E-state index in [-0.39, 0.29) is 10.8 Å². The molecule has 1 atom stereocenters. The van der Waals surface area contributed by atoms with Crippen molar-refractivity contribution < 1.29 is 14.8 Å². The molecule has 1 aromatic heterocycles. The number of aromatic nitrogens is 1. The first-order valence-electron chi connectivity index (χ1n) is 9.51. The average molecular weight is 433 g/mol. The molecule has 0 aliphatic heterocycles. The number of rotatable bonds is 8. The predicted molar refractivity (Wildman–Crippen MR) is 115 cm³/mol. The van der Waals surface area contributed by atoms with Crippen LogP contribution in [0.2, 0.25) is 10.0 Å². The zero-order valence-electron chi connectivity index (χ0n) is 16.0. The highest BCUT2D eigenvalue weighted by Gasteiger charge is 2.24. The zero-order chi connectivity index (χ0) is 21.0. The van der Waals surface area contributed by atoms with Crippen LogP contribution in [0.15, 0.2) is 48.7 Å². The topological polar surface area (TPSA) is 71.3 Å². The molecule has 3 aromatic rings. The largest absolute Gasteiger partial charge is 0.334 e.